The van der Waals surface area contributed by atoms with Crippen LogP contribution in [0.4, 0.5) is 14.9 Å². The van der Waals surface area contributed by atoms with Crippen LogP contribution in [0.25, 0.3) is 6.08 Å². The number of rotatable bonds is 8. The SMILES string of the molecule is CSc1cccc(NC(=O)CN2C(=O)S/C(=C/c3ccccc3OCc3ccccc3F)C2=O)c1. The molecule has 3 aromatic rings. The van der Waals surface area contributed by atoms with Crippen molar-refractivity contribution in [1.82, 2.24) is 4.90 Å². The number of thioether (sulfide) groups is 2. The standard InChI is InChI=1S/C26H21FN2O4S2/c1-34-20-10-6-9-19(14-20)28-24(30)15-29-25(31)23(35-26(29)32)13-17-7-3-5-12-22(17)33-16-18-8-2-4-11-21(18)27/h2-14H,15-16H2,1H3,(H,28,30)/b23-13+. The minimum atomic E-state index is -0.558. The highest BCUT2D eigenvalue weighted by atomic mass is 32.2. The summed E-state index contributed by atoms with van der Waals surface area (Å²) in [5.74, 6) is -0.962. The van der Waals surface area contributed by atoms with E-state index in [-0.39, 0.29) is 17.3 Å². The molecule has 0 aliphatic carbocycles. The fourth-order valence-electron chi connectivity index (χ4n) is 3.32. The second-order valence-corrected chi connectivity index (χ2v) is 9.34. The van der Waals surface area contributed by atoms with E-state index >= 15 is 0 Å². The summed E-state index contributed by atoms with van der Waals surface area (Å²) in [6.07, 6.45) is 3.47. The summed E-state index contributed by atoms with van der Waals surface area (Å²) < 4.78 is 19.7. The summed E-state index contributed by atoms with van der Waals surface area (Å²) in [6, 6.07) is 20.6. The van der Waals surface area contributed by atoms with Crippen molar-refractivity contribution < 1.29 is 23.5 Å². The third-order valence-corrected chi connectivity index (χ3v) is 6.71. The van der Waals surface area contributed by atoms with Crippen LogP contribution in [-0.4, -0.2) is 34.8 Å². The lowest BCUT2D eigenvalue weighted by atomic mass is 10.1. The van der Waals surface area contributed by atoms with Crippen LogP contribution in [0, 0.1) is 5.82 Å². The first-order chi connectivity index (χ1) is 16.9. The Morgan fingerprint density at radius 1 is 1.09 bits per heavy atom. The molecule has 1 saturated heterocycles. The molecule has 1 heterocycles. The molecule has 3 amide bonds. The van der Waals surface area contributed by atoms with Crippen molar-refractivity contribution >= 4 is 52.3 Å². The predicted octanol–water partition coefficient (Wildman–Crippen LogP) is 5.80. The Bertz CT molecular complexity index is 1310. The summed E-state index contributed by atoms with van der Waals surface area (Å²) in [5, 5.41) is 2.19. The molecule has 1 N–H and O–H groups in total. The van der Waals surface area contributed by atoms with Crippen molar-refractivity contribution in [3.05, 3.63) is 94.6 Å². The summed E-state index contributed by atoms with van der Waals surface area (Å²) >= 11 is 2.30. The van der Waals surface area contributed by atoms with Crippen LogP contribution in [0.3, 0.4) is 0 Å². The van der Waals surface area contributed by atoms with E-state index in [1.54, 1.807) is 54.6 Å². The molecular weight excluding hydrogens is 487 g/mol. The van der Waals surface area contributed by atoms with Crippen LogP contribution in [0.15, 0.2) is 82.6 Å². The molecule has 1 aliphatic rings. The lowest BCUT2D eigenvalue weighted by Crippen LogP contribution is -2.36. The van der Waals surface area contributed by atoms with E-state index in [1.165, 1.54) is 17.8 Å². The largest absolute Gasteiger partial charge is 0.488 e. The zero-order chi connectivity index (χ0) is 24.8. The number of hydrogen-bond donors (Lipinski definition) is 1. The van der Waals surface area contributed by atoms with Crippen LogP contribution in [-0.2, 0) is 16.2 Å². The number of anilines is 1. The first-order valence-electron chi connectivity index (χ1n) is 10.6. The van der Waals surface area contributed by atoms with E-state index in [4.69, 9.17) is 4.74 Å². The van der Waals surface area contributed by atoms with Gasteiger partial charge in [0.1, 0.15) is 24.7 Å². The minimum absolute atomic E-state index is 0.0108. The van der Waals surface area contributed by atoms with Crippen molar-refractivity contribution in [1.29, 1.82) is 0 Å². The lowest BCUT2D eigenvalue weighted by Gasteiger charge is -2.13. The summed E-state index contributed by atoms with van der Waals surface area (Å²) in [4.78, 5) is 39.9. The molecule has 0 saturated carbocycles. The van der Waals surface area contributed by atoms with Gasteiger partial charge >= 0.3 is 0 Å². The number of amides is 3. The number of carbonyl (C=O) groups excluding carboxylic acids is 3. The molecule has 4 rings (SSSR count). The van der Waals surface area contributed by atoms with E-state index in [9.17, 15) is 18.8 Å². The Morgan fingerprint density at radius 3 is 2.66 bits per heavy atom. The van der Waals surface area contributed by atoms with Gasteiger partial charge in [0.05, 0.1) is 4.91 Å². The van der Waals surface area contributed by atoms with Crippen molar-refractivity contribution in [2.45, 2.75) is 11.5 Å². The van der Waals surface area contributed by atoms with Gasteiger partial charge in [0.25, 0.3) is 11.1 Å². The Kier molecular flexibility index (Phi) is 7.89. The molecule has 3 aromatic carbocycles. The Hall–Kier alpha value is -3.56. The van der Waals surface area contributed by atoms with E-state index < -0.39 is 23.6 Å². The fraction of sp³-hybridized carbons (Fsp3) is 0.115. The molecule has 0 aromatic heterocycles. The third kappa shape index (κ3) is 6.12. The minimum Gasteiger partial charge on any atom is -0.488 e. The second kappa shape index (κ2) is 11.2. The number of nitrogens with zero attached hydrogens (tertiary/aromatic N) is 1. The molecule has 0 atom stereocenters. The van der Waals surface area contributed by atoms with Crippen molar-refractivity contribution in [2.24, 2.45) is 0 Å². The van der Waals surface area contributed by atoms with Gasteiger partial charge in [-0.15, -0.1) is 11.8 Å². The van der Waals surface area contributed by atoms with Crippen LogP contribution in [0.1, 0.15) is 11.1 Å². The smallest absolute Gasteiger partial charge is 0.294 e. The van der Waals surface area contributed by atoms with Crippen molar-refractivity contribution in [3.63, 3.8) is 0 Å². The second-order valence-electron chi connectivity index (χ2n) is 7.47. The first kappa shape index (κ1) is 24.6. The maximum atomic E-state index is 13.9. The van der Waals surface area contributed by atoms with E-state index in [2.05, 4.69) is 5.32 Å². The van der Waals surface area contributed by atoms with E-state index in [0.29, 0.717) is 22.6 Å². The van der Waals surface area contributed by atoms with Gasteiger partial charge < -0.3 is 10.1 Å². The zero-order valence-corrected chi connectivity index (χ0v) is 20.3. The number of benzene rings is 3. The highest BCUT2D eigenvalue weighted by molar-refractivity contribution is 8.18. The molecule has 0 bridgehead atoms. The van der Waals surface area contributed by atoms with Gasteiger partial charge in [-0.3, -0.25) is 19.3 Å². The number of halogens is 1. The van der Waals surface area contributed by atoms with Crippen molar-refractivity contribution in [3.8, 4) is 5.75 Å². The highest BCUT2D eigenvalue weighted by Crippen LogP contribution is 2.34. The van der Waals surface area contributed by atoms with Crippen LogP contribution >= 0.6 is 23.5 Å². The number of nitrogens with one attached hydrogen (secondary N) is 1. The highest BCUT2D eigenvalue weighted by Gasteiger charge is 2.36. The molecule has 9 heteroatoms. The number of para-hydroxylation sites is 1. The van der Waals surface area contributed by atoms with Gasteiger partial charge in [-0.1, -0.05) is 42.5 Å². The van der Waals surface area contributed by atoms with Gasteiger partial charge in [0.15, 0.2) is 0 Å². The lowest BCUT2D eigenvalue weighted by molar-refractivity contribution is -0.127. The normalized spacial score (nSPS) is 14.5. The fourth-order valence-corrected chi connectivity index (χ4v) is 4.61. The summed E-state index contributed by atoms with van der Waals surface area (Å²) in [5.41, 5.74) is 1.55. The molecule has 178 valence electrons. The van der Waals surface area contributed by atoms with E-state index in [1.807, 2.05) is 24.5 Å². The van der Waals surface area contributed by atoms with Gasteiger partial charge in [0, 0.05) is 21.7 Å². The third-order valence-electron chi connectivity index (χ3n) is 5.08. The average Bonchev–Trinajstić information content (AvgIpc) is 3.11. The molecule has 6 nitrogen and oxygen atoms in total. The molecule has 35 heavy (non-hydrogen) atoms. The first-order valence-corrected chi connectivity index (χ1v) is 12.6. The molecule has 0 spiro atoms. The number of imide groups is 1. The molecule has 1 aliphatic heterocycles. The molecular formula is C26H21FN2O4S2. The zero-order valence-electron chi connectivity index (χ0n) is 18.7. The summed E-state index contributed by atoms with van der Waals surface area (Å²) in [6.45, 7) is -0.381. The summed E-state index contributed by atoms with van der Waals surface area (Å²) in [7, 11) is 0. The van der Waals surface area contributed by atoms with Crippen LogP contribution < -0.4 is 10.1 Å². The van der Waals surface area contributed by atoms with Crippen LogP contribution in [0.2, 0.25) is 0 Å². The van der Waals surface area contributed by atoms with Gasteiger partial charge in [0.2, 0.25) is 5.91 Å². The van der Waals surface area contributed by atoms with Gasteiger partial charge in [-0.2, -0.15) is 0 Å². The molecule has 0 radical (unpaired) electrons. The Labute approximate surface area is 210 Å². The van der Waals surface area contributed by atoms with Crippen molar-refractivity contribution in [2.75, 3.05) is 18.1 Å². The maximum absolute atomic E-state index is 13.9. The quantitative estimate of drug-likeness (QED) is 0.306. The Morgan fingerprint density at radius 2 is 1.86 bits per heavy atom. The molecule has 1 fully saturated rings. The topological polar surface area (TPSA) is 75.7 Å². The van der Waals surface area contributed by atoms with Gasteiger partial charge in [-0.25, -0.2) is 4.39 Å². The van der Waals surface area contributed by atoms with Crippen LogP contribution in [0.5, 0.6) is 5.75 Å². The predicted molar refractivity (Wildman–Crippen MR) is 137 cm³/mol. The average molecular weight is 509 g/mol. The van der Waals surface area contributed by atoms with Gasteiger partial charge in [-0.05, 0) is 54.4 Å². The Balaban J connectivity index is 1.45. The molecule has 0 unspecified atom stereocenters. The number of carbonyl (C=O) groups is 3. The maximum Gasteiger partial charge on any atom is 0.294 e. The van der Waals surface area contributed by atoms with E-state index in [0.717, 1.165) is 21.6 Å². The monoisotopic (exact) mass is 508 g/mol. The number of hydrogen-bond acceptors (Lipinski definition) is 6. The number of ether oxygens (including phenoxy) is 1.